The molecular weight excluding hydrogens is 410 g/mol. The summed E-state index contributed by atoms with van der Waals surface area (Å²) in [7, 11) is 5.81. The third-order valence-corrected chi connectivity index (χ3v) is 6.07. The smallest absolute Gasteiger partial charge is 0.336 e. The molecule has 2 heterocycles. The standard InChI is InChI=1S/C20H23N3O6S/c1-8-12(20(25)29-5)13(14-15(21)17(18(22)24)30-19(14)23-8)9-6-10(26-2)16(28-4)11(7-9)27-3/h6-7,13,23H,21H2,1-5H3,(H2,22,24). The fourth-order valence-electron chi connectivity index (χ4n) is 3.60. The number of benzene rings is 1. The number of rotatable bonds is 6. The number of amides is 1. The fraction of sp³-hybridized carbons (Fsp3) is 0.300. The summed E-state index contributed by atoms with van der Waals surface area (Å²) in [6.45, 7) is 1.75. The van der Waals surface area contributed by atoms with E-state index in [1.54, 1.807) is 19.1 Å². The summed E-state index contributed by atoms with van der Waals surface area (Å²) in [5.74, 6) is -0.582. The molecule has 5 N–H and O–H groups in total. The van der Waals surface area contributed by atoms with E-state index < -0.39 is 17.8 Å². The van der Waals surface area contributed by atoms with E-state index in [1.165, 1.54) is 28.4 Å². The quantitative estimate of drug-likeness (QED) is 0.591. The van der Waals surface area contributed by atoms with Crippen LogP contribution in [-0.4, -0.2) is 40.3 Å². The lowest BCUT2D eigenvalue weighted by molar-refractivity contribution is -0.136. The monoisotopic (exact) mass is 433 g/mol. The van der Waals surface area contributed by atoms with Crippen molar-refractivity contribution in [3.63, 3.8) is 0 Å². The second-order valence-corrected chi connectivity index (χ2v) is 7.52. The van der Waals surface area contributed by atoms with Crippen molar-refractivity contribution in [3.8, 4) is 17.2 Å². The highest BCUT2D eigenvalue weighted by Crippen LogP contribution is 2.52. The first-order chi connectivity index (χ1) is 14.3. The first-order valence-corrected chi connectivity index (χ1v) is 9.68. The number of hydrogen-bond acceptors (Lipinski definition) is 9. The second kappa shape index (κ2) is 8.15. The van der Waals surface area contributed by atoms with E-state index in [2.05, 4.69) is 5.32 Å². The maximum Gasteiger partial charge on any atom is 0.336 e. The van der Waals surface area contributed by atoms with Crippen molar-refractivity contribution in [2.45, 2.75) is 12.8 Å². The number of methoxy groups -OCH3 is 4. The van der Waals surface area contributed by atoms with Gasteiger partial charge >= 0.3 is 5.97 Å². The number of thiophene rings is 1. The fourth-order valence-corrected chi connectivity index (χ4v) is 4.67. The van der Waals surface area contributed by atoms with Gasteiger partial charge in [-0.15, -0.1) is 11.3 Å². The molecule has 1 amide bonds. The molecule has 0 spiro atoms. The minimum atomic E-state index is -0.647. The number of hydrogen-bond donors (Lipinski definition) is 3. The van der Waals surface area contributed by atoms with Gasteiger partial charge in [0.1, 0.15) is 4.88 Å². The van der Waals surface area contributed by atoms with Gasteiger partial charge in [0.25, 0.3) is 5.91 Å². The van der Waals surface area contributed by atoms with Crippen LogP contribution in [0.5, 0.6) is 17.2 Å². The molecule has 30 heavy (non-hydrogen) atoms. The lowest BCUT2D eigenvalue weighted by Crippen LogP contribution is -2.24. The molecule has 0 fully saturated rings. The van der Waals surface area contributed by atoms with Crippen LogP contribution in [0, 0.1) is 0 Å². The highest BCUT2D eigenvalue weighted by atomic mass is 32.1. The Hall–Kier alpha value is -3.40. The molecule has 2 aromatic rings. The van der Waals surface area contributed by atoms with Gasteiger partial charge in [-0.05, 0) is 24.6 Å². The van der Waals surface area contributed by atoms with Crippen molar-refractivity contribution in [1.29, 1.82) is 0 Å². The predicted octanol–water partition coefficient (Wildman–Crippen LogP) is 2.46. The molecule has 1 aromatic carbocycles. The van der Waals surface area contributed by atoms with Crippen molar-refractivity contribution in [3.05, 3.63) is 39.4 Å². The first-order valence-electron chi connectivity index (χ1n) is 8.86. The minimum absolute atomic E-state index is 0.211. The number of anilines is 2. The van der Waals surface area contributed by atoms with E-state index in [-0.39, 0.29) is 10.6 Å². The van der Waals surface area contributed by atoms with Gasteiger partial charge in [-0.25, -0.2) is 4.79 Å². The van der Waals surface area contributed by atoms with Gasteiger partial charge in [-0.1, -0.05) is 0 Å². The summed E-state index contributed by atoms with van der Waals surface area (Å²) in [6.07, 6.45) is 0. The van der Waals surface area contributed by atoms with Gasteiger partial charge in [0.2, 0.25) is 5.75 Å². The van der Waals surface area contributed by atoms with Gasteiger partial charge in [0.15, 0.2) is 11.5 Å². The Morgan fingerprint density at radius 2 is 1.67 bits per heavy atom. The zero-order valence-electron chi connectivity index (χ0n) is 17.2. The maximum absolute atomic E-state index is 12.7. The average Bonchev–Trinajstić information content (AvgIpc) is 3.07. The van der Waals surface area contributed by atoms with Crippen molar-refractivity contribution in [1.82, 2.24) is 0 Å². The number of fused-ring (bicyclic) bond motifs is 1. The summed E-state index contributed by atoms with van der Waals surface area (Å²) in [6, 6.07) is 3.47. The highest BCUT2D eigenvalue weighted by Gasteiger charge is 2.38. The number of nitrogens with one attached hydrogen (secondary N) is 1. The molecule has 1 aliphatic heterocycles. The molecule has 0 saturated heterocycles. The van der Waals surface area contributed by atoms with Crippen molar-refractivity contribution < 1.29 is 28.5 Å². The lowest BCUT2D eigenvalue weighted by Gasteiger charge is -2.29. The average molecular weight is 433 g/mol. The van der Waals surface area contributed by atoms with E-state index in [0.717, 1.165) is 11.3 Å². The normalized spacial score (nSPS) is 15.2. The molecule has 1 unspecified atom stereocenters. The summed E-state index contributed by atoms with van der Waals surface area (Å²) in [4.78, 5) is 24.8. The number of ether oxygens (including phenoxy) is 4. The van der Waals surface area contributed by atoms with Crippen LogP contribution in [0.2, 0.25) is 0 Å². The van der Waals surface area contributed by atoms with Crippen molar-refractivity contribution in [2.24, 2.45) is 5.73 Å². The molecule has 9 nitrogen and oxygen atoms in total. The maximum atomic E-state index is 12.7. The van der Waals surface area contributed by atoms with Gasteiger partial charge in [-0.2, -0.15) is 0 Å². The molecular formula is C20H23N3O6S. The Balaban J connectivity index is 2.35. The van der Waals surface area contributed by atoms with E-state index in [0.29, 0.717) is 44.6 Å². The number of nitrogens with two attached hydrogens (primary N) is 2. The van der Waals surface area contributed by atoms with Crippen LogP contribution >= 0.6 is 11.3 Å². The summed E-state index contributed by atoms with van der Waals surface area (Å²) >= 11 is 1.14. The number of esters is 1. The molecule has 0 radical (unpaired) electrons. The van der Waals surface area contributed by atoms with Crippen LogP contribution in [0.4, 0.5) is 10.7 Å². The minimum Gasteiger partial charge on any atom is -0.493 e. The Morgan fingerprint density at radius 3 is 2.13 bits per heavy atom. The van der Waals surface area contributed by atoms with Gasteiger partial charge < -0.3 is 35.7 Å². The van der Waals surface area contributed by atoms with Crippen LogP contribution < -0.4 is 31.0 Å². The third-order valence-electron chi connectivity index (χ3n) is 4.92. The number of allylic oxidation sites excluding steroid dienone is 1. The molecule has 1 aliphatic rings. The van der Waals surface area contributed by atoms with E-state index >= 15 is 0 Å². The SMILES string of the molecule is COC(=O)C1=C(C)Nc2sc(C(N)=O)c(N)c2C1c1cc(OC)c(OC)c(OC)c1. The lowest BCUT2D eigenvalue weighted by atomic mass is 9.81. The first kappa shape index (κ1) is 21.3. The Kier molecular flexibility index (Phi) is 5.79. The molecule has 0 saturated carbocycles. The zero-order valence-corrected chi connectivity index (χ0v) is 18.1. The number of carbonyl (C=O) groups excluding carboxylic acids is 2. The van der Waals surface area contributed by atoms with E-state index in [1.807, 2.05) is 0 Å². The molecule has 1 atom stereocenters. The predicted molar refractivity (Wildman–Crippen MR) is 114 cm³/mol. The van der Waals surface area contributed by atoms with Crippen LogP contribution in [0.1, 0.15) is 33.6 Å². The Labute approximate surface area is 177 Å². The second-order valence-electron chi connectivity index (χ2n) is 6.50. The zero-order chi connectivity index (χ0) is 22.2. The van der Waals surface area contributed by atoms with Crippen molar-refractivity contribution in [2.75, 3.05) is 39.5 Å². The number of primary amides is 1. The highest BCUT2D eigenvalue weighted by molar-refractivity contribution is 7.19. The van der Waals surface area contributed by atoms with Gasteiger partial charge in [-0.3, -0.25) is 4.79 Å². The summed E-state index contributed by atoms with van der Waals surface area (Å²) in [5.41, 5.74) is 14.1. The Morgan fingerprint density at radius 1 is 1.07 bits per heavy atom. The molecule has 10 heteroatoms. The number of nitrogen functional groups attached to an aromatic ring is 1. The summed E-state index contributed by atoms with van der Waals surface area (Å²) < 4.78 is 21.4. The third kappa shape index (κ3) is 3.28. The Bertz CT molecular complexity index is 1030. The molecule has 1 aromatic heterocycles. The summed E-state index contributed by atoms with van der Waals surface area (Å²) in [5, 5.41) is 3.77. The molecule has 0 bridgehead atoms. The molecule has 0 aliphatic carbocycles. The van der Waals surface area contributed by atoms with E-state index in [4.69, 9.17) is 30.4 Å². The van der Waals surface area contributed by atoms with Crippen LogP contribution in [-0.2, 0) is 9.53 Å². The van der Waals surface area contributed by atoms with Crippen molar-refractivity contribution >= 4 is 33.9 Å². The molecule has 3 rings (SSSR count). The largest absolute Gasteiger partial charge is 0.493 e. The molecule has 160 valence electrons. The van der Waals surface area contributed by atoms with E-state index in [9.17, 15) is 9.59 Å². The van der Waals surface area contributed by atoms with Crippen LogP contribution in [0.15, 0.2) is 23.4 Å². The van der Waals surface area contributed by atoms with Gasteiger partial charge in [0.05, 0.1) is 44.7 Å². The topological polar surface area (TPSA) is 135 Å². The van der Waals surface area contributed by atoms with Gasteiger partial charge in [0, 0.05) is 17.2 Å². The number of carbonyl (C=O) groups is 2. The van der Waals surface area contributed by atoms with Crippen LogP contribution in [0.25, 0.3) is 0 Å². The van der Waals surface area contributed by atoms with Crippen LogP contribution in [0.3, 0.4) is 0 Å².